The quantitative estimate of drug-likeness (QED) is 0.605. The lowest BCUT2D eigenvalue weighted by molar-refractivity contribution is -0.123. The molecule has 0 aliphatic heterocycles. The maximum Gasteiger partial charge on any atom is 0.280 e. The molecule has 1 aromatic heterocycles. The van der Waals surface area contributed by atoms with E-state index in [-0.39, 0.29) is 17.6 Å². The summed E-state index contributed by atoms with van der Waals surface area (Å²) in [4.78, 5) is 28.7. The molecule has 1 fully saturated rings. The Bertz CT molecular complexity index is 1020. The molecule has 160 valence electrons. The van der Waals surface area contributed by atoms with Crippen LogP contribution in [0.15, 0.2) is 60.0 Å². The van der Waals surface area contributed by atoms with Gasteiger partial charge in [-0.05, 0) is 42.1 Å². The second-order valence-electron chi connectivity index (χ2n) is 7.44. The van der Waals surface area contributed by atoms with Crippen molar-refractivity contribution < 1.29 is 14.3 Å². The second-order valence-corrected chi connectivity index (χ2v) is 8.05. The maximum atomic E-state index is 13.6. The van der Waals surface area contributed by atoms with E-state index in [1.54, 1.807) is 24.6 Å². The molecule has 0 spiro atoms. The van der Waals surface area contributed by atoms with Gasteiger partial charge >= 0.3 is 0 Å². The standard InChI is InChI=1S/C23H24N4O3S/c1-30-20-14-8-7-13-19(20)27(23(29)18-15-31-26-25-18)21(16-9-3-2-4-10-16)22(28)24-17-11-5-6-12-17/h2-4,7-10,13-15,17,21H,5-6,11-12H2,1H3,(H,24,28)/t21-/m0/s1. The van der Waals surface area contributed by atoms with Gasteiger partial charge in [-0.15, -0.1) is 5.10 Å². The second kappa shape index (κ2) is 9.70. The number of aromatic nitrogens is 2. The van der Waals surface area contributed by atoms with Crippen LogP contribution in [0.1, 0.15) is 47.8 Å². The van der Waals surface area contributed by atoms with Gasteiger partial charge in [-0.25, -0.2) is 0 Å². The number of benzene rings is 2. The Labute approximate surface area is 185 Å². The lowest BCUT2D eigenvalue weighted by Gasteiger charge is -2.32. The topological polar surface area (TPSA) is 84.4 Å². The molecule has 31 heavy (non-hydrogen) atoms. The van der Waals surface area contributed by atoms with E-state index in [1.165, 1.54) is 4.90 Å². The number of nitrogens with one attached hydrogen (secondary N) is 1. The smallest absolute Gasteiger partial charge is 0.280 e. The summed E-state index contributed by atoms with van der Waals surface area (Å²) < 4.78 is 9.37. The van der Waals surface area contributed by atoms with Crippen molar-refractivity contribution >= 4 is 29.0 Å². The zero-order valence-corrected chi connectivity index (χ0v) is 18.0. The summed E-state index contributed by atoms with van der Waals surface area (Å²) in [5, 5.41) is 8.70. The van der Waals surface area contributed by atoms with Gasteiger partial charge in [-0.1, -0.05) is 59.8 Å². The van der Waals surface area contributed by atoms with Gasteiger partial charge in [0.05, 0.1) is 12.8 Å². The predicted molar refractivity (Wildman–Crippen MR) is 119 cm³/mol. The van der Waals surface area contributed by atoms with Crippen molar-refractivity contribution in [3.63, 3.8) is 0 Å². The minimum Gasteiger partial charge on any atom is -0.495 e. The third kappa shape index (κ3) is 4.59. The molecule has 0 bridgehead atoms. The zero-order valence-electron chi connectivity index (χ0n) is 17.2. The van der Waals surface area contributed by atoms with Crippen molar-refractivity contribution in [2.75, 3.05) is 12.0 Å². The first-order valence-corrected chi connectivity index (χ1v) is 11.1. The molecule has 0 radical (unpaired) electrons. The van der Waals surface area contributed by atoms with Gasteiger partial charge < -0.3 is 10.1 Å². The van der Waals surface area contributed by atoms with Crippen molar-refractivity contribution in [3.8, 4) is 5.75 Å². The molecular formula is C23H24N4O3S. The molecule has 4 rings (SSSR count). The van der Waals surface area contributed by atoms with E-state index in [9.17, 15) is 9.59 Å². The van der Waals surface area contributed by atoms with Crippen molar-refractivity contribution in [1.82, 2.24) is 14.9 Å². The number of methoxy groups -OCH3 is 1. The van der Waals surface area contributed by atoms with Crippen LogP contribution in [-0.2, 0) is 4.79 Å². The minimum absolute atomic E-state index is 0.120. The Morgan fingerprint density at radius 1 is 1.10 bits per heavy atom. The van der Waals surface area contributed by atoms with E-state index in [4.69, 9.17) is 4.74 Å². The van der Waals surface area contributed by atoms with Crippen LogP contribution in [0.3, 0.4) is 0 Å². The summed E-state index contributed by atoms with van der Waals surface area (Å²) in [5.41, 5.74) is 1.39. The number of ether oxygens (including phenoxy) is 1. The summed E-state index contributed by atoms with van der Waals surface area (Å²) >= 11 is 1.09. The lowest BCUT2D eigenvalue weighted by atomic mass is 10.0. The molecule has 1 aliphatic rings. The number of hydrogen-bond donors (Lipinski definition) is 1. The Morgan fingerprint density at radius 2 is 1.81 bits per heavy atom. The van der Waals surface area contributed by atoms with Crippen LogP contribution < -0.4 is 15.0 Å². The van der Waals surface area contributed by atoms with Gasteiger partial charge in [0.15, 0.2) is 5.69 Å². The van der Waals surface area contributed by atoms with Gasteiger partial charge in [-0.2, -0.15) is 0 Å². The number of carbonyl (C=O) groups excluding carboxylic acids is 2. The molecule has 3 aromatic rings. The lowest BCUT2D eigenvalue weighted by Crippen LogP contribution is -2.46. The molecule has 8 heteroatoms. The summed E-state index contributed by atoms with van der Waals surface area (Å²) in [7, 11) is 1.54. The van der Waals surface area contributed by atoms with E-state index in [0.717, 1.165) is 37.2 Å². The van der Waals surface area contributed by atoms with Gasteiger partial charge in [0.2, 0.25) is 5.91 Å². The predicted octanol–water partition coefficient (Wildman–Crippen LogP) is 3.99. The van der Waals surface area contributed by atoms with Gasteiger partial charge in [0.1, 0.15) is 11.8 Å². The molecule has 1 atom stereocenters. The number of anilines is 1. The Kier molecular flexibility index (Phi) is 6.57. The van der Waals surface area contributed by atoms with E-state index in [1.807, 2.05) is 42.5 Å². The molecule has 7 nitrogen and oxygen atoms in total. The van der Waals surface area contributed by atoms with E-state index >= 15 is 0 Å². The van der Waals surface area contributed by atoms with Crippen molar-refractivity contribution in [2.24, 2.45) is 0 Å². The van der Waals surface area contributed by atoms with Crippen LogP contribution in [0.25, 0.3) is 0 Å². The molecule has 0 saturated heterocycles. The van der Waals surface area contributed by atoms with Gasteiger partial charge in [0.25, 0.3) is 5.91 Å². The van der Waals surface area contributed by atoms with E-state index in [0.29, 0.717) is 17.0 Å². The minimum atomic E-state index is -0.882. The molecule has 1 N–H and O–H groups in total. The summed E-state index contributed by atoms with van der Waals surface area (Å²) in [5.74, 6) is -0.136. The SMILES string of the molecule is COc1ccccc1N(C(=O)c1csnn1)[C@H](C(=O)NC1CCCC1)c1ccccc1. The fourth-order valence-electron chi connectivity index (χ4n) is 3.98. The first kappa shape index (κ1) is 21.0. The number of carbonyl (C=O) groups is 2. The Morgan fingerprint density at radius 3 is 2.48 bits per heavy atom. The molecule has 2 amide bonds. The van der Waals surface area contributed by atoms with Crippen LogP contribution in [0.5, 0.6) is 5.75 Å². The summed E-state index contributed by atoms with van der Waals surface area (Å²) in [6, 6.07) is 15.7. The van der Waals surface area contributed by atoms with E-state index < -0.39 is 11.9 Å². The van der Waals surface area contributed by atoms with Gasteiger partial charge in [-0.3, -0.25) is 14.5 Å². The molecule has 0 unspecified atom stereocenters. The van der Waals surface area contributed by atoms with Crippen LogP contribution in [0, 0.1) is 0 Å². The van der Waals surface area contributed by atoms with E-state index in [2.05, 4.69) is 14.9 Å². The Balaban J connectivity index is 1.82. The van der Waals surface area contributed by atoms with Crippen molar-refractivity contribution in [3.05, 3.63) is 71.2 Å². The molecule has 1 saturated carbocycles. The number of para-hydroxylation sites is 2. The molecule has 1 aliphatic carbocycles. The molecule has 2 aromatic carbocycles. The van der Waals surface area contributed by atoms with Gasteiger partial charge in [0, 0.05) is 11.4 Å². The maximum absolute atomic E-state index is 13.6. The molecular weight excluding hydrogens is 412 g/mol. The average Bonchev–Trinajstić information content (AvgIpc) is 3.52. The van der Waals surface area contributed by atoms with Crippen LogP contribution in [-0.4, -0.2) is 34.6 Å². The highest BCUT2D eigenvalue weighted by Gasteiger charge is 2.36. The zero-order chi connectivity index (χ0) is 21.6. The number of nitrogens with zero attached hydrogens (tertiary/aromatic N) is 3. The first-order valence-electron chi connectivity index (χ1n) is 10.3. The summed E-state index contributed by atoms with van der Waals surface area (Å²) in [6.07, 6.45) is 4.10. The summed E-state index contributed by atoms with van der Waals surface area (Å²) in [6.45, 7) is 0. The third-order valence-corrected chi connectivity index (χ3v) is 5.97. The largest absolute Gasteiger partial charge is 0.495 e. The fraction of sp³-hybridized carbons (Fsp3) is 0.304. The Hall–Kier alpha value is -3.26. The van der Waals surface area contributed by atoms with Crippen molar-refractivity contribution in [2.45, 2.75) is 37.8 Å². The number of amides is 2. The third-order valence-electron chi connectivity index (χ3n) is 5.47. The number of rotatable bonds is 7. The van der Waals surface area contributed by atoms with Crippen LogP contribution in [0.2, 0.25) is 0 Å². The number of hydrogen-bond acceptors (Lipinski definition) is 6. The van der Waals surface area contributed by atoms with Crippen LogP contribution in [0.4, 0.5) is 5.69 Å². The molecule has 1 heterocycles. The highest BCUT2D eigenvalue weighted by molar-refractivity contribution is 7.03. The highest BCUT2D eigenvalue weighted by Crippen LogP contribution is 2.36. The normalized spacial score (nSPS) is 14.7. The monoisotopic (exact) mass is 436 g/mol. The van der Waals surface area contributed by atoms with Crippen LogP contribution >= 0.6 is 11.5 Å². The first-order chi connectivity index (χ1) is 15.2. The van der Waals surface area contributed by atoms with Crippen molar-refractivity contribution in [1.29, 1.82) is 0 Å². The average molecular weight is 437 g/mol. The highest BCUT2D eigenvalue weighted by atomic mass is 32.1. The fourth-order valence-corrected chi connectivity index (χ4v) is 4.41.